The molecule has 0 aliphatic rings. The average molecular weight is 286 g/mol. The van der Waals surface area contributed by atoms with E-state index in [-0.39, 0.29) is 11.8 Å². The summed E-state index contributed by atoms with van der Waals surface area (Å²) < 4.78 is 1.72. The number of ketones is 1. The van der Waals surface area contributed by atoms with Crippen molar-refractivity contribution in [1.82, 2.24) is 15.1 Å². The van der Waals surface area contributed by atoms with Crippen LogP contribution in [0.3, 0.4) is 0 Å². The summed E-state index contributed by atoms with van der Waals surface area (Å²) in [5.41, 5.74) is 2.24. The lowest BCUT2D eigenvalue weighted by molar-refractivity contribution is 0.101. The van der Waals surface area contributed by atoms with E-state index < -0.39 is 0 Å². The maximum atomic E-state index is 11.8. The second-order valence-electron chi connectivity index (χ2n) is 4.79. The molecule has 0 bridgehead atoms. The maximum Gasteiger partial charge on any atom is 0.319 e. The minimum absolute atomic E-state index is 0.0318. The van der Waals surface area contributed by atoms with E-state index in [4.69, 9.17) is 0 Å². The molecule has 0 atom stereocenters. The van der Waals surface area contributed by atoms with Gasteiger partial charge in [0.2, 0.25) is 0 Å². The van der Waals surface area contributed by atoms with Gasteiger partial charge in [0.1, 0.15) is 0 Å². The van der Waals surface area contributed by atoms with Gasteiger partial charge in [0.15, 0.2) is 5.78 Å². The molecule has 2 aromatic rings. The highest BCUT2D eigenvalue weighted by molar-refractivity contribution is 5.96. The van der Waals surface area contributed by atoms with E-state index in [0.29, 0.717) is 17.8 Å². The van der Waals surface area contributed by atoms with Crippen LogP contribution in [0.25, 0.3) is 0 Å². The molecule has 21 heavy (non-hydrogen) atoms. The van der Waals surface area contributed by atoms with Gasteiger partial charge in [0, 0.05) is 31.0 Å². The summed E-state index contributed by atoms with van der Waals surface area (Å²) in [6.45, 7) is 2.01. The second-order valence-corrected chi connectivity index (χ2v) is 4.79. The smallest absolute Gasteiger partial charge is 0.319 e. The zero-order valence-electron chi connectivity index (χ0n) is 12.1. The van der Waals surface area contributed by atoms with Crippen LogP contribution in [-0.4, -0.2) is 28.1 Å². The van der Waals surface area contributed by atoms with Crippen LogP contribution < -0.4 is 10.6 Å². The number of aryl methyl sites for hydroxylation is 1. The van der Waals surface area contributed by atoms with Crippen LogP contribution in [-0.2, 0) is 13.5 Å². The molecule has 0 unspecified atom stereocenters. The number of urea groups is 1. The van der Waals surface area contributed by atoms with E-state index in [2.05, 4.69) is 15.7 Å². The number of amides is 2. The highest BCUT2D eigenvalue weighted by atomic mass is 16.2. The molecule has 0 fully saturated rings. The van der Waals surface area contributed by atoms with Gasteiger partial charge in [-0.1, -0.05) is 12.1 Å². The van der Waals surface area contributed by atoms with Gasteiger partial charge in [-0.05, 0) is 31.0 Å². The second kappa shape index (κ2) is 6.69. The highest BCUT2D eigenvalue weighted by Crippen LogP contribution is 2.10. The van der Waals surface area contributed by atoms with Crippen LogP contribution in [0.15, 0.2) is 36.7 Å². The molecule has 0 saturated carbocycles. The van der Waals surface area contributed by atoms with E-state index in [1.54, 1.807) is 35.1 Å². The van der Waals surface area contributed by atoms with Crippen molar-refractivity contribution in [3.63, 3.8) is 0 Å². The van der Waals surface area contributed by atoms with Crippen molar-refractivity contribution < 1.29 is 9.59 Å². The molecule has 1 aromatic carbocycles. The summed E-state index contributed by atoms with van der Waals surface area (Å²) in [7, 11) is 1.85. The summed E-state index contributed by atoms with van der Waals surface area (Å²) in [6, 6.07) is 6.56. The predicted molar refractivity (Wildman–Crippen MR) is 80.4 cm³/mol. The molecule has 1 aromatic heterocycles. The summed E-state index contributed by atoms with van der Waals surface area (Å²) in [6.07, 6.45) is 4.40. The third-order valence-electron chi connectivity index (χ3n) is 2.98. The Labute approximate surface area is 123 Å². The van der Waals surface area contributed by atoms with Gasteiger partial charge in [-0.15, -0.1) is 0 Å². The number of carbonyl (C=O) groups excluding carboxylic acids is 2. The lowest BCUT2D eigenvalue weighted by Crippen LogP contribution is -2.30. The summed E-state index contributed by atoms with van der Waals surface area (Å²) in [5, 5.41) is 9.54. The van der Waals surface area contributed by atoms with E-state index >= 15 is 0 Å². The lowest BCUT2D eigenvalue weighted by atomic mass is 10.1. The van der Waals surface area contributed by atoms with Crippen molar-refractivity contribution in [3.8, 4) is 0 Å². The Morgan fingerprint density at radius 3 is 2.81 bits per heavy atom. The minimum atomic E-state index is -0.292. The van der Waals surface area contributed by atoms with Crippen LogP contribution in [0.2, 0.25) is 0 Å². The van der Waals surface area contributed by atoms with Crippen molar-refractivity contribution in [1.29, 1.82) is 0 Å². The minimum Gasteiger partial charge on any atom is -0.338 e. The SMILES string of the molecule is CC(=O)c1cccc(NC(=O)NCCc2cnn(C)c2)c1. The molecular formula is C15H18N4O2. The van der Waals surface area contributed by atoms with Crippen LogP contribution in [0.1, 0.15) is 22.8 Å². The number of hydrogen-bond acceptors (Lipinski definition) is 3. The van der Waals surface area contributed by atoms with E-state index in [1.165, 1.54) is 6.92 Å². The quantitative estimate of drug-likeness (QED) is 0.825. The Morgan fingerprint density at radius 1 is 1.33 bits per heavy atom. The first kappa shape index (κ1) is 14.8. The lowest BCUT2D eigenvalue weighted by Gasteiger charge is -2.07. The maximum absolute atomic E-state index is 11.8. The summed E-state index contributed by atoms with van der Waals surface area (Å²) in [5.74, 6) is -0.0318. The largest absolute Gasteiger partial charge is 0.338 e. The fourth-order valence-electron chi connectivity index (χ4n) is 1.91. The Kier molecular flexibility index (Phi) is 4.71. The molecule has 2 N–H and O–H groups in total. The van der Waals surface area contributed by atoms with E-state index in [0.717, 1.165) is 12.0 Å². The van der Waals surface area contributed by atoms with Crippen molar-refractivity contribution >= 4 is 17.5 Å². The fourth-order valence-corrected chi connectivity index (χ4v) is 1.91. The van der Waals surface area contributed by atoms with Crippen molar-refractivity contribution in [2.24, 2.45) is 7.05 Å². The van der Waals surface area contributed by atoms with E-state index in [1.807, 2.05) is 13.2 Å². The third kappa shape index (κ3) is 4.45. The molecule has 0 spiro atoms. The average Bonchev–Trinajstić information content (AvgIpc) is 2.84. The number of nitrogens with zero attached hydrogens (tertiary/aromatic N) is 2. The Hall–Kier alpha value is -2.63. The van der Waals surface area contributed by atoms with Crippen LogP contribution in [0.5, 0.6) is 0 Å². The summed E-state index contributed by atoms with van der Waals surface area (Å²) >= 11 is 0. The molecular weight excluding hydrogens is 268 g/mol. The monoisotopic (exact) mass is 286 g/mol. The number of carbonyl (C=O) groups is 2. The molecule has 2 rings (SSSR count). The van der Waals surface area contributed by atoms with E-state index in [9.17, 15) is 9.59 Å². The zero-order valence-corrected chi connectivity index (χ0v) is 12.1. The van der Waals surface area contributed by atoms with Crippen LogP contribution >= 0.6 is 0 Å². The number of benzene rings is 1. The molecule has 0 saturated heterocycles. The van der Waals surface area contributed by atoms with Crippen molar-refractivity contribution in [2.45, 2.75) is 13.3 Å². The molecule has 0 aliphatic carbocycles. The zero-order chi connectivity index (χ0) is 15.2. The third-order valence-corrected chi connectivity index (χ3v) is 2.98. The van der Waals surface area contributed by atoms with Gasteiger partial charge in [0.05, 0.1) is 6.20 Å². The number of nitrogens with one attached hydrogen (secondary N) is 2. The number of Topliss-reactive ketones (excluding diaryl/α,β-unsaturated/α-hetero) is 1. The summed E-state index contributed by atoms with van der Waals surface area (Å²) in [4.78, 5) is 23.0. The van der Waals surface area contributed by atoms with Crippen LogP contribution in [0, 0.1) is 0 Å². The molecule has 1 heterocycles. The first-order valence-electron chi connectivity index (χ1n) is 6.68. The Balaban J connectivity index is 1.81. The number of rotatable bonds is 5. The molecule has 0 radical (unpaired) electrons. The predicted octanol–water partition coefficient (Wildman–Crippen LogP) is 1.99. The molecule has 2 amide bonds. The van der Waals surface area contributed by atoms with Gasteiger partial charge >= 0.3 is 6.03 Å². The molecule has 110 valence electrons. The number of anilines is 1. The topological polar surface area (TPSA) is 76.0 Å². The van der Waals surface area contributed by atoms with Gasteiger partial charge in [-0.2, -0.15) is 5.10 Å². The standard InChI is InChI=1S/C15H18N4O2/c1-11(20)13-4-3-5-14(8-13)18-15(21)16-7-6-12-9-17-19(2)10-12/h3-5,8-10H,6-7H2,1-2H3,(H2,16,18,21). The van der Waals surface area contributed by atoms with Gasteiger partial charge in [-0.25, -0.2) is 4.79 Å². The fraction of sp³-hybridized carbons (Fsp3) is 0.267. The number of aromatic nitrogens is 2. The van der Waals surface area contributed by atoms with Crippen LogP contribution in [0.4, 0.5) is 10.5 Å². The molecule has 6 nitrogen and oxygen atoms in total. The molecule has 0 aliphatic heterocycles. The van der Waals surface area contributed by atoms with Gasteiger partial charge in [0.25, 0.3) is 0 Å². The normalized spacial score (nSPS) is 10.2. The first-order valence-corrected chi connectivity index (χ1v) is 6.68. The first-order chi connectivity index (χ1) is 10.0. The van der Waals surface area contributed by atoms with Crippen molar-refractivity contribution in [2.75, 3.05) is 11.9 Å². The highest BCUT2D eigenvalue weighted by Gasteiger charge is 2.04. The van der Waals surface area contributed by atoms with Gasteiger partial charge < -0.3 is 10.6 Å². The Bertz CT molecular complexity index is 649. The van der Waals surface area contributed by atoms with Crippen molar-refractivity contribution in [3.05, 3.63) is 47.8 Å². The Morgan fingerprint density at radius 2 is 2.14 bits per heavy atom. The number of hydrogen-bond donors (Lipinski definition) is 2. The molecule has 6 heteroatoms. The van der Waals surface area contributed by atoms with Gasteiger partial charge in [-0.3, -0.25) is 9.48 Å².